The lowest BCUT2D eigenvalue weighted by atomic mass is 10.1. The van der Waals surface area contributed by atoms with Crippen LogP contribution in [0.4, 0.5) is 18.9 Å². The van der Waals surface area contributed by atoms with Crippen LogP contribution in [-0.4, -0.2) is 50.0 Å². The van der Waals surface area contributed by atoms with Crippen LogP contribution in [-0.2, 0) is 32.3 Å². The number of alkyl halides is 3. The van der Waals surface area contributed by atoms with E-state index in [4.69, 9.17) is 23.2 Å². The van der Waals surface area contributed by atoms with E-state index in [1.165, 1.54) is 6.92 Å². The van der Waals surface area contributed by atoms with Crippen molar-refractivity contribution in [2.45, 2.75) is 45.6 Å². The summed E-state index contributed by atoms with van der Waals surface area (Å²) in [5, 5.41) is 2.84. The molecule has 0 aromatic heterocycles. The predicted molar refractivity (Wildman–Crippen MR) is 133 cm³/mol. The summed E-state index contributed by atoms with van der Waals surface area (Å²) in [5.74, 6) is -1.31. The third-order valence-corrected chi connectivity index (χ3v) is 6.78. The lowest BCUT2D eigenvalue weighted by Crippen LogP contribution is -2.52. The number of nitrogens with one attached hydrogen (secondary N) is 1. The Labute approximate surface area is 218 Å². The summed E-state index contributed by atoms with van der Waals surface area (Å²) in [7, 11) is -4.26. The molecule has 2 aromatic rings. The topological polar surface area (TPSA) is 86.8 Å². The number of amides is 2. The zero-order valence-corrected chi connectivity index (χ0v) is 22.3. The van der Waals surface area contributed by atoms with E-state index in [9.17, 15) is 31.2 Å². The van der Waals surface area contributed by atoms with Crippen LogP contribution in [0, 0.1) is 0 Å². The van der Waals surface area contributed by atoms with E-state index < -0.39 is 51.9 Å². The van der Waals surface area contributed by atoms with Gasteiger partial charge < -0.3 is 10.2 Å². The molecule has 0 spiro atoms. The minimum atomic E-state index is -4.77. The molecule has 0 fully saturated rings. The van der Waals surface area contributed by atoms with Crippen molar-refractivity contribution in [1.82, 2.24) is 10.2 Å². The molecule has 2 rings (SSSR count). The Balaban J connectivity index is 2.49. The number of sulfonamides is 1. The van der Waals surface area contributed by atoms with Gasteiger partial charge in [0.15, 0.2) is 0 Å². The van der Waals surface area contributed by atoms with Crippen molar-refractivity contribution < 1.29 is 31.2 Å². The third-order valence-electron chi connectivity index (χ3n) is 5.09. The first-order chi connectivity index (χ1) is 16.5. The van der Waals surface area contributed by atoms with E-state index in [0.717, 1.165) is 17.2 Å². The maximum absolute atomic E-state index is 13.4. The van der Waals surface area contributed by atoms with Crippen molar-refractivity contribution in [3.8, 4) is 0 Å². The summed E-state index contributed by atoms with van der Waals surface area (Å²) >= 11 is 12.0. The smallest absolute Gasteiger partial charge is 0.352 e. The Morgan fingerprint density at radius 2 is 1.61 bits per heavy atom. The molecule has 0 heterocycles. The van der Waals surface area contributed by atoms with Crippen LogP contribution in [0.25, 0.3) is 0 Å². The monoisotopic (exact) mass is 567 g/mol. The van der Waals surface area contributed by atoms with Crippen molar-refractivity contribution in [2.75, 3.05) is 17.1 Å². The maximum Gasteiger partial charge on any atom is 0.416 e. The zero-order chi connectivity index (χ0) is 27.4. The van der Waals surface area contributed by atoms with Crippen molar-refractivity contribution in [2.24, 2.45) is 0 Å². The van der Waals surface area contributed by atoms with E-state index >= 15 is 0 Å². The molecule has 1 N–H and O–H groups in total. The van der Waals surface area contributed by atoms with E-state index in [-0.39, 0.29) is 17.6 Å². The summed E-state index contributed by atoms with van der Waals surface area (Å²) < 4.78 is 65.5. The van der Waals surface area contributed by atoms with Crippen molar-refractivity contribution >= 4 is 50.7 Å². The number of hydrogen-bond donors (Lipinski definition) is 1. The molecular weight excluding hydrogens is 542 g/mol. The number of nitrogens with zero attached hydrogens (tertiary/aromatic N) is 2. The van der Waals surface area contributed by atoms with Gasteiger partial charge in [-0.1, -0.05) is 35.3 Å². The molecular formula is C23H26Cl2F3N3O4S. The highest BCUT2D eigenvalue weighted by Gasteiger charge is 2.34. The highest BCUT2D eigenvalue weighted by molar-refractivity contribution is 7.92. The van der Waals surface area contributed by atoms with Gasteiger partial charge >= 0.3 is 6.18 Å². The number of carbonyl (C=O) groups is 2. The first kappa shape index (κ1) is 29.7. The van der Waals surface area contributed by atoms with Gasteiger partial charge in [0.25, 0.3) is 0 Å². The lowest BCUT2D eigenvalue weighted by Gasteiger charge is -2.32. The molecule has 7 nitrogen and oxygen atoms in total. The Hall–Kier alpha value is -2.50. The molecule has 13 heteroatoms. The standard InChI is InChI=1S/C23H26Cl2F3N3O4S/c1-14(2)29-22(33)15(3)30(12-16-5-8-18(24)9-6-16)21(32)13-31(36(4,34)35)20-11-17(23(26,27)28)7-10-19(20)25/h5-11,14-15H,12-13H2,1-4H3,(H,29,33)/t15-/m0/s1. The van der Waals surface area contributed by atoms with Gasteiger partial charge in [-0.15, -0.1) is 0 Å². The number of hydrogen-bond acceptors (Lipinski definition) is 4. The van der Waals surface area contributed by atoms with Gasteiger partial charge in [-0.05, 0) is 56.7 Å². The highest BCUT2D eigenvalue weighted by atomic mass is 35.5. The van der Waals surface area contributed by atoms with Gasteiger partial charge in [0.2, 0.25) is 21.8 Å². The second-order valence-corrected chi connectivity index (χ2v) is 11.2. The molecule has 1 atom stereocenters. The molecule has 0 saturated carbocycles. The molecule has 198 valence electrons. The fraction of sp³-hybridized carbons (Fsp3) is 0.391. The van der Waals surface area contributed by atoms with Crippen molar-refractivity contribution in [3.05, 3.63) is 63.6 Å². The third kappa shape index (κ3) is 8.01. The average molecular weight is 568 g/mol. The first-order valence-electron chi connectivity index (χ1n) is 10.7. The van der Waals surface area contributed by atoms with Crippen LogP contribution < -0.4 is 9.62 Å². The predicted octanol–water partition coefficient (Wildman–Crippen LogP) is 4.72. The van der Waals surface area contributed by atoms with Gasteiger partial charge in [-0.25, -0.2) is 8.42 Å². The largest absolute Gasteiger partial charge is 0.416 e. The van der Waals surface area contributed by atoms with Crippen LogP contribution >= 0.6 is 23.2 Å². The van der Waals surface area contributed by atoms with E-state index in [2.05, 4.69) is 5.32 Å². The second kappa shape index (κ2) is 11.7. The van der Waals surface area contributed by atoms with E-state index in [1.54, 1.807) is 38.1 Å². The van der Waals surface area contributed by atoms with Gasteiger partial charge in [0.05, 0.1) is 22.5 Å². The Morgan fingerprint density at radius 3 is 2.11 bits per heavy atom. The maximum atomic E-state index is 13.4. The quantitative estimate of drug-likeness (QED) is 0.475. The number of rotatable bonds is 9. The fourth-order valence-electron chi connectivity index (χ4n) is 3.25. The van der Waals surface area contributed by atoms with Crippen LogP contribution in [0.2, 0.25) is 10.0 Å². The van der Waals surface area contributed by atoms with Gasteiger partial charge in [0, 0.05) is 17.6 Å². The molecule has 0 unspecified atom stereocenters. The molecule has 0 radical (unpaired) electrons. The van der Waals surface area contributed by atoms with Crippen molar-refractivity contribution in [1.29, 1.82) is 0 Å². The zero-order valence-electron chi connectivity index (χ0n) is 19.9. The summed E-state index contributed by atoms with van der Waals surface area (Å²) in [6.45, 7) is 3.96. The molecule has 0 aliphatic rings. The van der Waals surface area contributed by atoms with Gasteiger partial charge in [0.1, 0.15) is 12.6 Å². The van der Waals surface area contributed by atoms with E-state index in [1.807, 2.05) is 0 Å². The Kier molecular flexibility index (Phi) is 9.66. The SMILES string of the molecule is CC(C)NC(=O)[C@H](C)N(Cc1ccc(Cl)cc1)C(=O)CN(c1cc(C(F)(F)F)ccc1Cl)S(C)(=O)=O. The van der Waals surface area contributed by atoms with E-state index in [0.29, 0.717) is 27.0 Å². The fourth-order valence-corrected chi connectivity index (χ4v) is 4.50. The highest BCUT2D eigenvalue weighted by Crippen LogP contribution is 2.36. The molecule has 0 aliphatic carbocycles. The lowest BCUT2D eigenvalue weighted by molar-refractivity contribution is -0.139. The average Bonchev–Trinajstić information content (AvgIpc) is 2.75. The van der Waals surface area contributed by atoms with Crippen molar-refractivity contribution in [3.63, 3.8) is 0 Å². The Bertz CT molecular complexity index is 1210. The van der Waals surface area contributed by atoms with Crippen LogP contribution in [0.5, 0.6) is 0 Å². The van der Waals surface area contributed by atoms with Crippen LogP contribution in [0.1, 0.15) is 31.9 Å². The molecule has 0 saturated heterocycles. The second-order valence-electron chi connectivity index (χ2n) is 8.42. The molecule has 0 bridgehead atoms. The molecule has 0 aliphatic heterocycles. The Morgan fingerprint density at radius 1 is 1.03 bits per heavy atom. The van der Waals surface area contributed by atoms with Gasteiger partial charge in [-0.2, -0.15) is 13.2 Å². The molecule has 36 heavy (non-hydrogen) atoms. The molecule has 2 amide bonds. The molecule has 2 aromatic carbocycles. The summed E-state index contributed by atoms with van der Waals surface area (Å²) in [5.41, 5.74) is -1.04. The number of halogens is 5. The minimum Gasteiger partial charge on any atom is -0.352 e. The summed E-state index contributed by atoms with van der Waals surface area (Å²) in [6.07, 6.45) is -4.02. The van der Waals surface area contributed by atoms with Crippen LogP contribution in [0.15, 0.2) is 42.5 Å². The van der Waals surface area contributed by atoms with Gasteiger partial charge in [-0.3, -0.25) is 13.9 Å². The minimum absolute atomic E-state index is 0.0867. The normalized spacial score (nSPS) is 12.8. The summed E-state index contributed by atoms with van der Waals surface area (Å²) in [6, 6.07) is 7.35. The number of carbonyl (C=O) groups excluding carboxylic acids is 2. The van der Waals surface area contributed by atoms with Crippen LogP contribution in [0.3, 0.4) is 0 Å². The first-order valence-corrected chi connectivity index (χ1v) is 13.3. The number of anilines is 1. The number of benzene rings is 2. The summed E-state index contributed by atoms with van der Waals surface area (Å²) in [4.78, 5) is 27.3.